The molecular weight excluding hydrogens is 244 g/mol. The van der Waals surface area contributed by atoms with Gasteiger partial charge in [0.15, 0.2) is 5.17 Å². The number of hydrogen-bond donors (Lipinski definition) is 1. The summed E-state index contributed by atoms with van der Waals surface area (Å²) < 4.78 is 5.11. The van der Waals surface area contributed by atoms with Crippen LogP contribution in [-0.2, 0) is 4.74 Å². The number of thioether (sulfide) groups is 1. The molecule has 0 aromatic carbocycles. The fourth-order valence-electron chi connectivity index (χ4n) is 2.61. The zero-order valence-electron chi connectivity index (χ0n) is 11.9. The van der Waals surface area contributed by atoms with Crippen LogP contribution in [0.15, 0.2) is 4.99 Å². The third kappa shape index (κ3) is 4.16. The summed E-state index contributed by atoms with van der Waals surface area (Å²) in [5.41, 5.74) is 0.545. The molecule has 1 aliphatic heterocycles. The number of aliphatic imine (C=N–C) groups is 1. The summed E-state index contributed by atoms with van der Waals surface area (Å²) in [7, 11) is 1.76. The van der Waals surface area contributed by atoms with Gasteiger partial charge in [0.05, 0.1) is 6.04 Å². The minimum Gasteiger partial charge on any atom is -0.385 e. The van der Waals surface area contributed by atoms with Gasteiger partial charge in [-0.15, -0.1) is 0 Å². The fourth-order valence-corrected chi connectivity index (χ4v) is 3.68. The highest BCUT2D eigenvalue weighted by molar-refractivity contribution is 8.14. The van der Waals surface area contributed by atoms with E-state index in [1.54, 1.807) is 7.11 Å². The van der Waals surface area contributed by atoms with Crippen molar-refractivity contribution in [2.45, 2.75) is 58.0 Å². The molecule has 1 aliphatic carbocycles. The second-order valence-corrected chi connectivity index (χ2v) is 7.27. The van der Waals surface area contributed by atoms with Crippen molar-refractivity contribution in [2.75, 3.05) is 19.5 Å². The zero-order valence-corrected chi connectivity index (χ0v) is 12.7. The van der Waals surface area contributed by atoms with Gasteiger partial charge in [0.2, 0.25) is 0 Å². The first-order valence-corrected chi connectivity index (χ1v) is 8.04. The van der Waals surface area contributed by atoms with Crippen LogP contribution in [-0.4, -0.2) is 36.7 Å². The third-order valence-corrected chi connectivity index (χ3v) is 5.08. The van der Waals surface area contributed by atoms with Crippen molar-refractivity contribution in [3.8, 4) is 0 Å². The first kappa shape index (κ1) is 14.2. The molecule has 1 unspecified atom stereocenters. The molecule has 2 rings (SSSR count). The maximum atomic E-state index is 5.11. The second kappa shape index (κ2) is 6.29. The van der Waals surface area contributed by atoms with Crippen molar-refractivity contribution in [1.82, 2.24) is 5.32 Å². The minimum absolute atomic E-state index is 0.456. The van der Waals surface area contributed by atoms with Crippen LogP contribution in [0, 0.1) is 5.41 Å². The molecule has 2 aliphatic rings. The van der Waals surface area contributed by atoms with Gasteiger partial charge in [-0.3, -0.25) is 4.99 Å². The molecule has 1 heterocycles. The van der Waals surface area contributed by atoms with E-state index in [1.165, 1.54) is 30.9 Å². The van der Waals surface area contributed by atoms with Gasteiger partial charge in [-0.05, 0) is 37.5 Å². The van der Waals surface area contributed by atoms with Crippen molar-refractivity contribution in [3.63, 3.8) is 0 Å². The van der Waals surface area contributed by atoms with Crippen LogP contribution in [0.4, 0.5) is 0 Å². The molecular formula is C14H26N2OS. The van der Waals surface area contributed by atoms with Crippen LogP contribution in [0.2, 0.25) is 0 Å². The summed E-state index contributed by atoms with van der Waals surface area (Å²) in [4.78, 5) is 4.74. The number of amidine groups is 1. The van der Waals surface area contributed by atoms with Crippen LogP contribution >= 0.6 is 11.8 Å². The van der Waals surface area contributed by atoms with Gasteiger partial charge in [0.1, 0.15) is 0 Å². The molecule has 1 saturated carbocycles. The highest BCUT2D eigenvalue weighted by Crippen LogP contribution is 2.35. The lowest BCUT2D eigenvalue weighted by Gasteiger charge is -2.34. The highest BCUT2D eigenvalue weighted by Gasteiger charge is 2.28. The van der Waals surface area contributed by atoms with Crippen LogP contribution in [0.25, 0.3) is 0 Å². The molecule has 1 atom stereocenters. The molecule has 0 bridgehead atoms. The van der Waals surface area contributed by atoms with Crippen molar-refractivity contribution in [2.24, 2.45) is 10.4 Å². The van der Waals surface area contributed by atoms with Gasteiger partial charge in [0.25, 0.3) is 0 Å². The topological polar surface area (TPSA) is 33.6 Å². The van der Waals surface area contributed by atoms with Crippen LogP contribution in [0.5, 0.6) is 0 Å². The monoisotopic (exact) mass is 270 g/mol. The fraction of sp³-hybridized carbons (Fsp3) is 0.929. The largest absolute Gasteiger partial charge is 0.385 e. The predicted molar refractivity (Wildman–Crippen MR) is 79.3 cm³/mol. The summed E-state index contributed by atoms with van der Waals surface area (Å²) in [6.45, 7) is 5.58. The summed E-state index contributed by atoms with van der Waals surface area (Å²) in [6, 6.07) is 1.10. The molecule has 1 N–H and O–H groups in total. The summed E-state index contributed by atoms with van der Waals surface area (Å²) in [5, 5.41) is 4.80. The van der Waals surface area contributed by atoms with E-state index in [4.69, 9.17) is 9.73 Å². The lowest BCUT2D eigenvalue weighted by atomic mass is 9.76. The molecule has 3 nitrogen and oxygen atoms in total. The van der Waals surface area contributed by atoms with Crippen molar-refractivity contribution in [3.05, 3.63) is 0 Å². The Kier molecular flexibility index (Phi) is 4.96. The first-order chi connectivity index (χ1) is 8.59. The normalized spacial score (nSPS) is 28.2. The van der Waals surface area contributed by atoms with Crippen molar-refractivity contribution >= 4 is 16.9 Å². The number of rotatable bonds is 4. The Morgan fingerprint density at radius 3 is 2.78 bits per heavy atom. The average molecular weight is 270 g/mol. The molecule has 0 amide bonds. The minimum atomic E-state index is 0.456. The Bertz CT molecular complexity index is 294. The number of nitrogens with zero attached hydrogens (tertiary/aromatic N) is 1. The average Bonchev–Trinajstić information content (AvgIpc) is 2.77. The molecule has 104 valence electrons. The smallest absolute Gasteiger partial charge is 0.157 e. The lowest BCUT2D eigenvalue weighted by Crippen LogP contribution is -2.37. The molecule has 0 saturated heterocycles. The van der Waals surface area contributed by atoms with Crippen LogP contribution in [0.3, 0.4) is 0 Å². The molecule has 1 fully saturated rings. The van der Waals surface area contributed by atoms with Crippen LogP contribution < -0.4 is 5.32 Å². The maximum absolute atomic E-state index is 5.11. The standard InChI is InChI=1S/C14H26N2OS/c1-14(2)7-4-11(5-8-14)15-13-16-12(10-18-13)6-9-17-3/h11-12H,4-10H2,1-3H3,(H,15,16). The van der Waals surface area contributed by atoms with E-state index in [0.717, 1.165) is 18.8 Å². The highest BCUT2D eigenvalue weighted by atomic mass is 32.2. The molecule has 18 heavy (non-hydrogen) atoms. The maximum Gasteiger partial charge on any atom is 0.157 e. The van der Waals surface area contributed by atoms with Crippen molar-refractivity contribution in [1.29, 1.82) is 0 Å². The van der Waals surface area contributed by atoms with Gasteiger partial charge in [-0.2, -0.15) is 0 Å². The Balaban J connectivity index is 1.74. The Labute approximate surface area is 115 Å². The second-order valence-electron chi connectivity index (χ2n) is 6.26. The van der Waals surface area contributed by atoms with E-state index in [1.807, 2.05) is 11.8 Å². The van der Waals surface area contributed by atoms with E-state index < -0.39 is 0 Å². The summed E-state index contributed by atoms with van der Waals surface area (Å²) in [6.07, 6.45) is 6.28. The molecule has 4 heteroatoms. The third-order valence-electron chi connectivity index (χ3n) is 4.03. The summed E-state index contributed by atoms with van der Waals surface area (Å²) >= 11 is 1.88. The van der Waals surface area contributed by atoms with Gasteiger partial charge in [0, 0.05) is 25.5 Å². The van der Waals surface area contributed by atoms with Gasteiger partial charge in [-0.1, -0.05) is 25.6 Å². The van der Waals surface area contributed by atoms with Crippen LogP contribution in [0.1, 0.15) is 46.0 Å². The number of methoxy groups -OCH3 is 1. The van der Waals surface area contributed by atoms with Gasteiger partial charge < -0.3 is 10.1 Å². The van der Waals surface area contributed by atoms with E-state index in [-0.39, 0.29) is 0 Å². The molecule has 0 radical (unpaired) electrons. The zero-order chi connectivity index (χ0) is 13.0. The lowest BCUT2D eigenvalue weighted by molar-refractivity contribution is 0.190. The van der Waals surface area contributed by atoms with E-state index in [2.05, 4.69) is 19.2 Å². The van der Waals surface area contributed by atoms with Gasteiger partial charge >= 0.3 is 0 Å². The van der Waals surface area contributed by atoms with E-state index >= 15 is 0 Å². The first-order valence-electron chi connectivity index (χ1n) is 7.05. The predicted octanol–water partition coefficient (Wildman–Crippen LogP) is 3.05. The van der Waals surface area contributed by atoms with E-state index in [9.17, 15) is 0 Å². The number of nitrogens with one attached hydrogen (secondary N) is 1. The quantitative estimate of drug-likeness (QED) is 0.852. The Morgan fingerprint density at radius 1 is 1.39 bits per heavy atom. The van der Waals surface area contributed by atoms with Gasteiger partial charge in [-0.25, -0.2) is 0 Å². The van der Waals surface area contributed by atoms with Crippen molar-refractivity contribution < 1.29 is 4.74 Å². The molecule has 0 spiro atoms. The Hall–Kier alpha value is -0.220. The summed E-state index contributed by atoms with van der Waals surface area (Å²) in [5.74, 6) is 1.11. The molecule has 0 aromatic heterocycles. The SMILES string of the molecule is COCCC1CSC(NC2CCC(C)(C)CC2)=N1. The number of hydrogen-bond acceptors (Lipinski definition) is 4. The number of ether oxygens (including phenoxy) is 1. The Morgan fingerprint density at radius 2 is 2.11 bits per heavy atom. The molecule has 0 aromatic rings. The van der Waals surface area contributed by atoms with E-state index in [0.29, 0.717) is 17.5 Å².